The Bertz CT molecular complexity index is 620. The predicted molar refractivity (Wildman–Crippen MR) is 121 cm³/mol. The molecule has 3 saturated carbocycles. The predicted octanol–water partition coefficient (Wildman–Crippen LogP) is 3.94. The minimum atomic E-state index is 0.110. The third kappa shape index (κ3) is 4.69. The van der Waals surface area contributed by atoms with Crippen LogP contribution in [0, 0.1) is 40.9 Å². The van der Waals surface area contributed by atoms with Gasteiger partial charge in [-0.15, -0.1) is 5.10 Å². The summed E-state index contributed by atoms with van der Waals surface area (Å²) >= 11 is 0. The number of carbonyl (C=O) groups excluding carboxylic acids is 1. The zero-order valence-electron chi connectivity index (χ0n) is 19.6. The number of ketones is 1. The van der Waals surface area contributed by atoms with Crippen molar-refractivity contribution >= 4 is 11.6 Å². The minimum absolute atomic E-state index is 0.110. The summed E-state index contributed by atoms with van der Waals surface area (Å²) in [7, 11) is 1.82. The van der Waals surface area contributed by atoms with Gasteiger partial charge in [-0.25, -0.2) is 11.0 Å². The van der Waals surface area contributed by atoms with Crippen LogP contribution in [0.15, 0.2) is 5.10 Å². The smallest absolute Gasteiger partial charge is 0.159 e. The first-order valence-corrected chi connectivity index (χ1v) is 12.2. The number of carbonyl (C=O) groups is 1. The van der Waals surface area contributed by atoms with Crippen molar-refractivity contribution in [3.8, 4) is 0 Å². The number of nitrogens with zero attached hydrogens (tertiary/aromatic N) is 2. The average molecular weight is 421 g/mol. The molecule has 0 aromatic heterocycles. The maximum Gasteiger partial charge on any atom is 0.159 e. The molecule has 7 unspecified atom stereocenters. The van der Waals surface area contributed by atoms with Crippen molar-refractivity contribution in [2.24, 2.45) is 57.6 Å². The van der Waals surface area contributed by atoms with E-state index in [4.69, 9.17) is 16.3 Å². The third-order valence-corrected chi connectivity index (χ3v) is 8.83. The molecule has 6 heteroatoms. The van der Waals surface area contributed by atoms with Gasteiger partial charge in [-0.1, -0.05) is 26.7 Å². The van der Waals surface area contributed by atoms with Gasteiger partial charge in [0.1, 0.15) is 12.4 Å². The van der Waals surface area contributed by atoms with Gasteiger partial charge in [0.15, 0.2) is 5.78 Å². The topological polar surface area (TPSA) is 93.9 Å². The van der Waals surface area contributed by atoms with Gasteiger partial charge in [-0.2, -0.15) is 0 Å². The zero-order valence-corrected chi connectivity index (χ0v) is 19.6. The number of hydrazine groups is 1. The molecule has 3 rings (SSSR count). The number of ether oxygens (including phenoxy) is 1. The molecule has 30 heavy (non-hydrogen) atoms. The van der Waals surface area contributed by atoms with Crippen LogP contribution in [0.4, 0.5) is 0 Å². The summed E-state index contributed by atoms with van der Waals surface area (Å²) in [4.78, 5) is 13.1. The molecule has 0 aromatic carbocycles. The van der Waals surface area contributed by atoms with Crippen LogP contribution in [-0.2, 0) is 9.53 Å². The second-order valence-electron chi connectivity index (χ2n) is 10.5. The third-order valence-electron chi connectivity index (χ3n) is 8.83. The van der Waals surface area contributed by atoms with E-state index in [1.54, 1.807) is 6.92 Å². The number of nitrogens with two attached hydrogens (primary N) is 2. The number of hydrogen-bond donors (Lipinski definition) is 2. The number of hydrogen-bond acceptors (Lipinski definition) is 5. The molecule has 7 atom stereocenters. The van der Waals surface area contributed by atoms with Crippen molar-refractivity contribution in [3.05, 3.63) is 0 Å². The molecular weight excluding hydrogens is 376 g/mol. The Morgan fingerprint density at radius 1 is 1.17 bits per heavy atom. The first kappa shape index (κ1) is 23.5. The Morgan fingerprint density at radius 3 is 2.60 bits per heavy atom. The van der Waals surface area contributed by atoms with Gasteiger partial charge in [-0.3, -0.25) is 4.79 Å². The maximum absolute atomic E-state index is 13.1. The summed E-state index contributed by atoms with van der Waals surface area (Å²) in [5.74, 6) is 10.6. The van der Waals surface area contributed by atoms with Crippen molar-refractivity contribution in [2.45, 2.75) is 78.6 Å². The largest absolute Gasteiger partial charge is 0.386 e. The molecule has 4 N–H and O–H groups in total. The molecule has 6 nitrogen and oxygen atoms in total. The lowest BCUT2D eigenvalue weighted by Crippen LogP contribution is -2.49. The Kier molecular flexibility index (Phi) is 7.83. The normalized spacial score (nSPS) is 38.8. The van der Waals surface area contributed by atoms with E-state index in [2.05, 4.69) is 18.9 Å². The molecule has 3 fully saturated rings. The highest BCUT2D eigenvalue weighted by molar-refractivity contribution is 5.84. The van der Waals surface area contributed by atoms with Crippen LogP contribution in [0.25, 0.3) is 0 Å². The lowest BCUT2D eigenvalue weighted by molar-refractivity contribution is -0.131. The fraction of sp³-hybridized carbons (Fsp3) is 0.917. The quantitative estimate of drug-likeness (QED) is 0.255. The molecule has 0 spiro atoms. The second kappa shape index (κ2) is 9.99. The molecular formula is C24H44N4O2. The Balaban J connectivity index is 1.72. The molecule has 0 heterocycles. The Hall–Kier alpha value is -1.14. The number of amidine groups is 1. The zero-order chi connectivity index (χ0) is 21.9. The molecule has 0 bridgehead atoms. The van der Waals surface area contributed by atoms with Crippen molar-refractivity contribution in [1.29, 1.82) is 0 Å². The van der Waals surface area contributed by atoms with E-state index in [9.17, 15) is 4.79 Å². The first-order chi connectivity index (χ1) is 14.3. The van der Waals surface area contributed by atoms with E-state index in [0.717, 1.165) is 36.7 Å². The molecule has 0 aliphatic heterocycles. The fourth-order valence-corrected chi connectivity index (χ4v) is 7.68. The van der Waals surface area contributed by atoms with E-state index < -0.39 is 0 Å². The number of methoxy groups -OCH3 is 1. The summed E-state index contributed by atoms with van der Waals surface area (Å²) < 4.78 is 5.42. The molecule has 172 valence electrons. The van der Waals surface area contributed by atoms with Crippen LogP contribution < -0.4 is 11.6 Å². The first-order valence-electron chi connectivity index (χ1n) is 12.2. The summed E-state index contributed by atoms with van der Waals surface area (Å²) in [5, 5.41) is 5.24. The highest BCUT2D eigenvalue weighted by atomic mass is 16.5. The lowest BCUT2D eigenvalue weighted by atomic mass is 9.50. The number of Topliss-reactive ketones (excluding diaryl/α,β-unsaturated/α-hetero) is 1. The van der Waals surface area contributed by atoms with Gasteiger partial charge in [0.2, 0.25) is 0 Å². The number of hydrazone groups is 1. The van der Waals surface area contributed by atoms with E-state index in [0.29, 0.717) is 11.8 Å². The van der Waals surface area contributed by atoms with Crippen LogP contribution in [0.5, 0.6) is 0 Å². The van der Waals surface area contributed by atoms with Gasteiger partial charge in [0.05, 0.1) is 0 Å². The van der Waals surface area contributed by atoms with Crippen LogP contribution in [-0.4, -0.2) is 37.0 Å². The van der Waals surface area contributed by atoms with Crippen LogP contribution >= 0.6 is 0 Å². The minimum Gasteiger partial charge on any atom is -0.386 e. The second-order valence-corrected chi connectivity index (χ2v) is 10.5. The van der Waals surface area contributed by atoms with Crippen LogP contribution in [0.3, 0.4) is 0 Å². The van der Waals surface area contributed by atoms with Crippen molar-refractivity contribution < 1.29 is 9.53 Å². The van der Waals surface area contributed by atoms with Gasteiger partial charge in [0.25, 0.3) is 0 Å². The lowest BCUT2D eigenvalue weighted by Gasteiger charge is -2.54. The maximum atomic E-state index is 13.1. The van der Waals surface area contributed by atoms with Gasteiger partial charge >= 0.3 is 0 Å². The Labute approximate surface area is 183 Å². The monoisotopic (exact) mass is 420 g/mol. The van der Waals surface area contributed by atoms with Crippen LogP contribution in [0.2, 0.25) is 0 Å². The molecule has 0 aromatic rings. The SMILES string of the molecule is CCCC1C(CCOC)CCC2C1CCC1(C)C(C(=O)CN(N)/N=C(/C)N)CCC21. The van der Waals surface area contributed by atoms with E-state index in [1.165, 1.54) is 56.5 Å². The molecule has 0 saturated heterocycles. The summed E-state index contributed by atoms with van der Waals surface area (Å²) in [6.07, 6.45) is 11.2. The van der Waals surface area contributed by atoms with Crippen molar-refractivity contribution in [1.82, 2.24) is 5.12 Å². The fourth-order valence-electron chi connectivity index (χ4n) is 7.68. The van der Waals surface area contributed by atoms with E-state index in [1.807, 2.05) is 7.11 Å². The van der Waals surface area contributed by atoms with Gasteiger partial charge in [-0.05, 0) is 86.9 Å². The van der Waals surface area contributed by atoms with Crippen LogP contribution in [0.1, 0.15) is 78.6 Å². The van der Waals surface area contributed by atoms with Gasteiger partial charge < -0.3 is 10.5 Å². The molecule has 3 aliphatic carbocycles. The summed E-state index contributed by atoms with van der Waals surface area (Å²) in [5.41, 5.74) is 5.74. The molecule has 0 amide bonds. The molecule has 0 radical (unpaired) electrons. The summed E-state index contributed by atoms with van der Waals surface area (Å²) in [6, 6.07) is 0. The molecule has 3 aliphatic rings. The standard InChI is InChI=1S/C24H44N4O2/c1-5-6-18-17(12-14-30-4)7-8-20-19(18)11-13-24(3)21(20)9-10-22(24)23(29)15-28(26)27-16(2)25/h17-22H,5-15,26H2,1-4H3,(H2,25,27). The highest BCUT2D eigenvalue weighted by Crippen LogP contribution is 2.63. The van der Waals surface area contributed by atoms with E-state index in [-0.39, 0.29) is 23.7 Å². The van der Waals surface area contributed by atoms with Gasteiger partial charge in [0, 0.05) is 19.6 Å². The number of rotatable bonds is 9. The highest BCUT2D eigenvalue weighted by Gasteiger charge is 2.57. The number of fused-ring (bicyclic) bond motifs is 3. The van der Waals surface area contributed by atoms with Crippen molar-refractivity contribution in [2.75, 3.05) is 20.3 Å². The Morgan fingerprint density at radius 2 is 1.93 bits per heavy atom. The summed E-state index contributed by atoms with van der Waals surface area (Å²) in [6.45, 7) is 7.47. The average Bonchev–Trinajstić information content (AvgIpc) is 3.04. The van der Waals surface area contributed by atoms with E-state index >= 15 is 0 Å². The van der Waals surface area contributed by atoms with Crippen molar-refractivity contribution in [3.63, 3.8) is 0 Å².